The first-order valence-corrected chi connectivity index (χ1v) is 5.83. The van der Waals surface area contributed by atoms with Crippen molar-refractivity contribution in [1.82, 2.24) is 10.2 Å². The summed E-state index contributed by atoms with van der Waals surface area (Å²) in [5.74, 6) is -0.514. The molecule has 1 heterocycles. The maximum Gasteiger partial charge on any atom is 0.316 e. The van der Waals surface area contributed by atoms with E-state index in [4.69, 9.17) is 9.52 Å². The van der Waals surface area contributed by atoms with E-state index >= 15 is 0 Å². The van der Waals surface area contributed by atoms with Gasteiger partial charge < -0.3 is 9.52 Å². The van der Waals surface area contributed by atoms with E-state index in [-0.39, 0.29) is 5.22 Å². The smallest absolute Gasteiger partial charge is 0.316 e. The standard InChI is InChI=1S/C11H10N2O3S/c1-7(10(14)15)17-11-13-12-9(16-11)8-5-3-2-4-6-8/h2-7H,1H3,(H,14,15). The molecule has 5 nitrogen and oxygen atoms in total. The highest BCUT2D eigenvalue weighted by atomic mass is 32.2. The maximum atomic E-state index is 10.7. The van der Waals surface area contributed by atoms with Gasteiger partial charge >= 0.3 is 5.97 Å². The number of carboxylic acids is 1. The zero-order valence-corrected chi connectivity index (χ0v) is 9.85. The second-order valence-corrected chi connectivity index (χ2v) is 4.63. The summed E-state index contributed by atoms with van der Waals surface area (Å²) in [5.41, 5.74) is 0.815. The molecule has 2 aromatic rings. The average molecular weight is 250 g/mol. The van der Waals surface area contributed by atoms with E-state index in [9.17, 15) is 4.79 Å². The highest BCUT2D eigenvalue weighted by Crippen LogP contribution is 2.25. The third kappa shape index (κ3) is 2.85. The van der Waals surface area contributed by atoms with Crippen molar-refractivity contribution in [3.63, 3.8) is 0 Å². The Kier molecular flexibility index (Phi) is 3.43. The van der Waals surface area contributed by atoms with Crippen molar-refractivity contribution in [2.24, 2.45) is 0 Å². The molecule has 88 valence electrons. The van der Waals surface area contributed by atoms with Crippen LogP contribution < -0.4 is 0 Å². The molecule has 6 heteroatoms. The summed E-state index contributed by atoms with van der Waals surface area (Å²) >= 11 is 1.03. The van der Waals surface area contributed by atoms with Crippen LogP contribution in [0.25, 0.3) is 11.5 Å². The quantitative estimate of drug-likeness (QED) is 0.839. The SMILES string of the molecule is CC(Sc1nnc(-c2ccccc2)o1)C(=O)O. The monoisotopic (exact) mass is 250 g/mol. The first-order chi connectivity index (χ1) is 8.16. The Morgan fingerprint density at radius 2 is 2.06 bits per heavy atom. The van der Waals surface area contributed by atoms with Gasteiger partial charge in [0.2, 0.25) is 5.89 Å². The molecule has 0 bridgehead atoms. The van der Waals surface area contributed by atoms with Crippen LogP contribution in [0.4, 0.5) is 0 Å². The van der Waals surface area contributed by atoms with Gasteiger partial charge in [-0.05, 0) is 19.1 Å². The van der Waals surface area contributed by atoms with Crippen molar-refractivity contribution < 1.29 is 14.3 Å². The molecule has 0 radical (unpaired) electrons. The van der Waals surface area contributed by atoms with Gasteiger partial charge in [0.1, 0.15) is 5.25 Å². The highest BCUT2D eigenvalue weighted by molar-refractivity contribution is 8.00. The molecule has 2 rings (SSSR count). The summed E-state index contributed by atoms with van der Waals surface area (Å²) in [7, 11) is 0. The molecule has 0 spiro atoms. The predicted octanol–water partition coefficient (Wildman–Crippen LogP) is 2.30. The number of thioether (sulfide) groups is 1. The second-order valence-electron chi connectivity index (χ2n) is 3.34. The zero-order valence-electron chi connectivity index (χ0n) is 9.03. The normalized spacial score (nSPS) is 12.3. The number of hydrogen-bond acceptors (Lipinski definition) is 5. The Morgan fingerprint density at radius 1 is 1.35 bits per heavy atom. The van der Waals surface area contributed by atoms with Crippen LogP contribution in [0.5, 0.6) is 0 Å². The fourth-order valence-electron chi connectivity index (χ4n) is 1.16. The average Bonchev–Trinajstić information content (AvgIpc) is 2.78. The van der Waals surface area contributed by atoms with Crippen molar-refractivity contribution in [3.8, 4) is 11.5 Å². The minimum absolute atomic E-state index is 0.263. The van der Waals surface area contributed by atoms with Crippen LogP contribution in [0.1, 0.15) is 6.92 Å². The molecular weight excluding hydrogens is 240 g/mol. The van der Waals surface area contributed by atoms with Gasteiger partial charge in [-0.25, -0.2) is 0 Å². The number of carbonyl (C=O) groups is 1. The van der Waals surface area contributed by atoms with Crippen molar-refractivity contribution >= 4 is 17.7 Å². The number of rotatable bonds is 4. The number of benzene rings is 1. The van der Waals surface area contributed by atoms with Gasteiger partial charge in [0.05, 0.1) is 0 Å². The van der Waals surface area contributed by atoms with Gasteiger partial charge in [-0.3, -0.25) is 4.79 Å². The van der Waals surface area contributed by atoms with Gasteiger partial charge in [0, 0.05) is 5.56 Å². The Labute approximate surface area is 102 Å². The van der Waals surface area contributed by atoms with Crippen molar-refractivity contribution in [2.75, 3.05) is 0 Å². The number of aromatic nitrogens is 2. The topological polar surface area (TPSA) is 76.2 Å². The maximum absolute atomic E-state index is 10.7. The Hall–Kier alpha value is -1.82. The van der Waals surface area contributed by atoms with Gasteiger partial charge in [-0.2, -0.15) is 0 Å². The first-order valence-electron chi connectivity index (χ1n) is 4.95. The molecule has 1 unspecified atom stereocenters. The van der Waals surface area contributed by atoms with Crippen LogP contribution in [-0.2, 0) is 4.79 Å². The number of nitrogens with zero attached hydrogens (tertiary/aromatic N) is 2. The van der Waals surface area contributed by atoms with E-state index in [1.165, 1.54) is 0 Å². The minimum atomic E-state index is -0.908. The molecule has 1 atom stereocenters. The van der Waals surface area contributed by atoms with Crippen molar-refractivity contribution in [1.29, 1.82) is 0 Å². The summed E-state index contributed by atoms with van der Waals surface area (Å²) in [4.78, 5) is 10.7. The molecular formula is C11H10N2O3S. The van der Waals surface area contributed by atoms with E-state index in [0.717, 1.165) is 17.3 Å². The fourth-order valence-corrected chi connectivity index (χ4v) is 1.77. The molecule has 0 fully saturated rings. The summed E-state index contributed by atoms with van der Waals surface area (Å²) in [6, 6.07) is 9.33. The molecule has 0 aliphatic carbocycles. The molecule has 0 saturated carbocycles. The fraction of sp³-hybridized carbons (Fsp3) is 0.182. The summed E-state index contributed by atoms with van der Waals surface area (Å²) in [6.07, 6.45) is 0. The number of aliphatic carboxylic acids is 1. The Balaban J connectivity index is 2.14. The first kappa shape index (κ1) is 11.7. The van der Waals surface area contributed by atoms with Gasteiger partial charge in [0.25, 0.3) is 5.22 Å². The summed E-state index contributed by atoms with van der Waals surface area (Å²) in [6.45, 7) is 1.57. The van der Waals surface area contributed by atoms with Gasteiger partial charge in [-0.15, -0.1) is 10.2 Å². The van der Waals surface area contributed by atoms with Crippen molar-refractivity contribution in [3.05, 3.63) is 30.3 Å². The van der Waals surface area contributed by atoms with Crippen molar-refractivity contribution in [2.45, 2.75) is 17.4 Å². The third-order valence-corrected chi connectivity index (χ3v) is 2.97. The number of carboxylic acid groups (broad SMARTS) is 1. The zero-order chi connectivity index (χ0) is 12.3. The molecule has 1 aromatic carbocycles. The molecule has 0 amide bonds. The van der Waals surface area contributed by atoms with Gasteiger partial charge in [-0.1, -0.05) is 30.0 Å². The molecule has 0 aliphatic heterocycles. The molecule has 17 heavy (non-hydrogen) atoms. The summed E-state index contributed by atoms with van der Waals surface area (Å²) in [5, 5.41) is 16.1. The lowest BCUT2D eigenvalue weighted by Gasteiger charge is -1.99. The van der Waals surface area contributed by atoms with E-state index in [1.807, 2.05) is 30.3 Å². The Bertz CT molecular complexity index is 512. The lowest BCUT2D eigenvalue weighted by Crippen LogP contribution is -2.10. The molecule has 0 aliphatic rings. The van der Waals surface area contributed by atoms with E-state index in [1.54, 1.807) is 6.92 Å². The van der Waals surface area contributed by atoms with Crippen LogP contribution >= 0.6 is 11.8 Å². The third-order valence-electron chi connectivity index (χ3n) is 2.05. The van der Waals surface area contributed by atoms with E-state index < -0.39 is 11.2 Å². The molecule has 0 saturated heterocycles. The molecule has 1 aromatic heterocycles. The van der Waals surface area contributed by atoms with Gasteiger partial charge in [0.15, 0.2) is 0 Å². The minimum Gasteiger partial charge on any atom is -0.480 e. The largest absolute Gasteiger partial charge is 0.480 e. The predicted molar refractivity (Wildman–Crippen MR) is 62.7 cm³/mol. The summed E-state index contributed by atoms with van der Waals surface area (Å²) < 4.78 is 5.37. The molecule has 1 N–H and O–H groups in total. The lowest BCUT2D eigenvalue weighted by molar-refractivity contribution is -0.136. The Morgan fingerprint density at radius 3 is 2.71 bits per heavy atom. The number of hydrogen-bond donors (Lipinski definition) is 1. The van der Waals surface area contributed by atoms with Crippen LogP contribution in [0.3, 0.4) is 0 Å². The highest BCUT2D eigenvalue weighted by Gasteiger charge is 2.17. The van der Waals surface area contributed by atoms with E-state index in [0.29, 0.717) is 5.89 Å². The second kappa shape index (κ2) is 5.01. The van der Waals surface area contributed by atoms with Crippen LogP contribution in [0.2, 0.25) is 0 Å². The van der Waals surface area contributed by atoms with E-state index in [2.05, 4.69) is 10.2 Å². The van der Waals surface area contributed by atoms with Crippen LogP contribution in [0.15, 0.2) is 40.0 Å². The van der Waals surface area contributed by atoms with Crippen LogP contribution in [0, 0.1) is 0 Å². The lowest BCUT2D eigenvalue weighted by atomic mass is 10.2. The van der Waals surface area contributed by atoms with Crippen LogP contribution in [-0.4, -0.2) is 26.5 Å².